The predicted molar refractivity (Wildman–Crippen MR) is 144 cm³/mol. The van der Waals surface area contributed by atoms with E-state index in [9.17, 15) is 9.59 Å². The maximum absolute atomic E-state index is 14.4. The monoisotopic (exact) mass is 491 g/mol. The van der Waals surface area contributed by atoms with Crippen LogP contribution in [0.3, 0.4) is 0 Å². The molecule has 7 aliphatic rings. The van der Waals surface area contributed by atoms with Gasteiger partial charge in [-0.2, -0.15) is 0 Å². The third-order valence-electron chi connectivity index (χ3n) is 12.7. The first-order chi connectivity index (χ1) is 17.8. The molecule has 7 atom stereocenters. The minimum Gasteiger partial charge on any atom is -0.246 e. The summed E-state index contributed by atoms with van der Waals surface area (Å²) in [6.45, 7) is 7.04. The van der Waals surface area contributed by atoms with Gasteiger partial charge in [0.1, 0.15) is 0 Å². The highest BCUT2D eigenvalue weighted by Crippen LogP contribution is 2.73. The van der Waals surface area contributed by atoms with Gasteiger partial charge in [0.25, 0.3) is 0 Å². The van der Waals surface area contributed by atoms with Crippen LogP contribution < -0.4 is 11.4 Å². The van der Waals surface area contributed by atoms with E-state index in [2.05, 4.69) is 81.5 Å². The number of aryl methyl sites for hydroxylation is 1. The average molecular weight is 492 g/mol. The quantitative estimate of drug-likeness (QED) is 0.425. The third-order valence-corrected chi connectivity index (χ3v) is 12.7. The zero-order valence-corrected chi connectivity index (χ0v) is 21.8. The van der Waals surface area contributed by atoms with Crippen molar-refractivity contribution in [1.29, 1.82) is 0 Å². The molecule has 2 aromatic carbocycles. The summed E-state index contributed by atoms with van der Waals surface area (Å²) in [6, 6.07) is 12.9. The van der Waals surface area contributed by atoms with Gasteiger partial charge in [0.15, 0.2) is 0 Å². The Morgan fingerprint density at radius 2 is 1.62 bits per heavy atom. The molecule has 2 saturated carbocycles. The fourth-order valence-corrected chi connectivity index (χ4v) is 10.4. The van der Waals surface area contributed by atoms with Gasteiger partial charge in [-0.3, -0.25) is 0 Å². The van der Waals surface area contributed by atoms with Crippen molar-refractivity contribution in [3.05, 3.63) is 92.8 Å². The minimum absolute atomic E-state index is 0.0259. The van der Waals surface area contributed by atoms with Crippen molar-refractivity contribution in [1.82, 2.24) is 13.9 Å². The molecule has 37 heavy (non-hydrogen) atoms. The zero-order valence-electron chi connectivity index (χ0n) is 21.8. The molecule has 2 fully saturated rings. The second-order valence-corrected chi connectivity index (χ2v) is 13.6. The number of nitrogens with zero attached hydrogens (tertiary/aromatic N) is 3. The summed E-state index contributed by atoms with van der Waals surface area (Å²) < 4.78 is 5.43. The Labute approximate surface area is 216 Å². The Kier molecular flexibility index (Phi) is 3.38. The maximum Gasteiger partial charge on any atom is 0.348 e. The highest BCUT2D eigenvalue weighted by molar-refractivity contribution is 5.89. The summed E-state index contributed by atoms with van der Waals surface area (Å²) >= 11 is 0. The number of hydrogen-bond donors (Lipinski definition) is 0. The van der Waals surface area contributed by atoms with Crippen LogP contribution in [0.1, 0.15) is 75.7 Å². The van der Waals surface area contributed by atoms with E-state index in [1.54, 1.807) is 4.57 Å². The van der Waals surface area contributed by atoms with Crippen LogP contribution in [0.25, 0.3) is 10.8 Å². The summed E-state index contributed by atoms with van der Waals surface area (Å²) in [5, 5.41) is 2.54. The molecule has 3 heterocycles. The van der Waals surface area contributed by atoms with Crippen LogP contribution in [0.2, 0.25) is 0 Å². The number of aromatic nitrogens is 3. The van der Waals surface area contributed by atoms with E-state index in [-0.39, 0.29) is 51.2 Å². The lowest BCUT2D eigenvalue weighted by atomic mass is 9.40. The maximum atomic E-state index is 14.4. The number of hydrogen-bond acceptors (Lipinski definition) is 2. The highest BCUT2D eigenvalue weighted by atomic mass is 16.2. The Morgan fingerprint density at radius 1 is 0.865 bits per heavy atom. The Balaban J connectivity index is 1.32. The van der Waals surface area contributed by atoms with Crippen molar-refractivity contribution < 1.29 is 0 Å². The Hall–Kier alpha value is -3.08. The van der Waals surface area contributed by atoms with Crippen LogP contribution in [0.4, 0.5) is 0 Å². The lowest BCUT2D eigenvalue weighted by Crippen LogP contribution is -2.67. The zero-order chi connectivity index (χ0) is 25.1. The molecule has 0 amide bonds. The fraction of sp³-hybridized carbons (Fsp3) is 0.500. The minimum atomic E-state index is -0.291. The summed E-state index contributed by atoms with van der Waals surface area (Å²) in [5.41, 5.74) is 2.23. The van der Waals surface area contributed by atoms with Crippen molar-refractivity contribution >= 4 is 10.8 Å². The van der Waals surface area contributed by atoms with Crippen molar-refractivity contribution in [2.45, 2.75) is 76.4 Å². The molecule has 1 aromatic heterocycles. The van der Waals surface area contributed by atoms with E-state index in [0.29, 0.717) is 5.92 Å². The lowest BCUT2D eigenvalue weighted by Gasteiger charge is -2.67. The molecule has 188 valence electrons. The van der Waals surface area contributed by atoms with E-state index >= 15 is 0 Å². The van der Waals surface area contributed by atoms with Crippen LogP contribution >= 0.6 is 0 Å². The molecule has 0 unspecified atom stereocenters. The summed E-state index contributed by atoms with van der Waals surface area (Å²) in [5.74, 6) is 0.571. The number of fused-ring (bicyclic) bond motifs is 5. The smallest absolute Gasteiger partial charge is 0.246 e. The Bertz CT molecular complexity index is 1750. The molecule has 5 aliphatic carbocycles. The molecule has 4 bridgehead atoms. The SMILES string of the molecule is CC1(C)[C@H]2CC[C@@]1(C)[C@H](n1c(=O)n3n(c1=O)[C@H]1C=C[C@H]3[C@]34C=C[C@@]13c1c(ccc3ccccc13)CC4)C2. The summed E-state index contributed by atoms with van der Waals surface area (Å²) in [7, 11) is 0. The van der Waals surface area contributed by atoms with Gasteiger partial charge in [-0.05, 0) is 70.8 Å². The molecule has 3 aromatic rings. The van der Waals surface area contributed by atoms with Crippen molar-refractivity contribution in [2.24, 2.45) is 22.2 Å². The van der Waals surface area contributed by atoms with Crippen LogP contribution in [-0.2, 0) is 11.8 Å². The van der Waals surface area contributed by atoms with Gasteiger partial charge in [0.05, 0.1) is 17.5 Å². The number of allylic oxidation sites excluding steroid dienone is 4. The van der Waals surface area contributed by atoms with Gasteiger partial charge < -0.3 is 0 Å². The van der Waals surface area contributed by atoms with Gasteiger partial charge in [-0.1, -0.05) is 81.5 Å². The fourth-order valence-electron chi connectivity index (χ4n) is 10.4. The van der Waals surface area contributed by atoms with Crippen molar-refractivity contribution in [2.75, 3.05) is 0 Å². The highest BCUT2D eigenvalue weighted by Gasteiger charge is 2.71. The first-order valence-corrected chi connectivity index (χ1v) is 14.1. The van der Waals surface area contributed by atoms with Gasteiger partial charge in [-0.25, -0.2) is 23.5 Å². The van der Waals surface area contributed by atoms with Crippen LogP contribution in [0.15, 0.2) is 70.3 Å². The summed E-state index contributed by atoms with van der Waals surface area (Å²) in [6.07, 6.45) is 14.5. The topological polar surface area (TPSA) is 48.9 Å². The second kappa shape index (κ2) is 5.98. The molecular weight excluding hydrogens is 458 g/mol. The van der Waals surface area contributed by atoms with Crippen molar-refractivity contribution in [3.8, 4) is 0 Å². The largest absolute Gasteiger partial charge is 0.348 e. The molecule has 0 spiro atoms. The molecule has 5 nitrogen and oxygen atoms in total. The van der Waals surface area contributed by atoms with E-state index in [4.69, 9.17) is 0 Å². The van der Waals surface area contributed by atoms with Crippen molar-refractivity contribution in [3.63, 3.8) is 0 Å². The molecule has 0 N–H and O–H groups in total. The molecule has 10 rings (SSSR count). The number of rotatable bonds is 1. The standard InChI is InChI=1S/C32H33N3O2/c1-29(2)21-13-14-30(29,3)25(18-21)33-27(36)34-23-10-11-24(35(34)28(33)37)32-17-16-31(23,32)15-12-20-9-8-19-6-4-5-7-22(19)26(20)32/h4-11,16-17,21,23-25H,12-15,18H2,1-3H3/t21-,23-,24-,25+,30-,31-,32-/m0/s1. The van der Waals surface area contributed by atoms with E-state index in [1.165, 1.54) is 28.3 Å². The average Bonchev–Trinajstić information content (AvgIpc) is 3.36. The Morgan fingerprint density at radius 3 is 2.32 bits per heavy atom. The molecule has 5 heteroatoms. The van der Waals surface area contributed by atoms with Gasteiger partial charge in [0.2, 0.25) is 0 Å². The van der Waals surface area contributed by atoms with E-state index in [1.807, 2.05) is 9.36 Å². The lowest BCUT2D eigenvalue weighted by molar-refractivity contribution is -0.00618. The van der Waals surface area contributed by atoms with Crippen LogP contribution in [0.5, 0.6) is 0 Å². The van der Waals surface area contributed by atoms with Gasteiger partial charge >= 0.3 is 11.4 Å². The molecule has 0 saturated heterocycles. The van der Waals surface area contributed by atoms with Crippen LogP contribution in [-0.4, -0.2) is 13.9 Å². The predicted octanol–water partition coefficient (Wildman–Crippen LogP) is 5.46. The molecule has 2 aliphatic heterocycles. The normalized spacial score (nSPS) is 40.8. The molecule has 0 radical (unpaired) electrons. The first kappa shape index (κ1) is 20.9. The van der Waals surface area contributed by atoms with Gasteiger partial charge in [0, 0.05) is 11.5 Å². The van der Waals surface area contributed by atoms with E-state index < -0.39 is 0 Å². The third kappa shape index (κ3) is 1.89. The van der Waals surface area contributed by atoms with Crippen LogP contribution in [0, 0.1) is 22.2 Å². The molecular formula is C32H33N3O2. The summed E-state index contributed by atoms with van der Waals surface area (Å²) in [4.78, 5) is 28.7. The van der Waals surface area contributed by atoms with E-state index in [0.717, 1.165) is 25.7 Å². The van der Waals surface area contributed by atoms with Gasteiger partial charge in [-0.15, -0.1) is 0 Å². The first-order valence-electron chi connectivity index (χ1n) is 14.1. The second-order valence-electron chi connectivity index (χ2n) is 13.6. The number of benzene rings is 2.